The van der Waals surface area contributed by atoms with Gasteiger partial charge in [-0.1, -0.05) is 44.0 Å². The highest BCUT2D eigenvalue weighted by molar-refractivity contribution is 6.39. The molecule has 1 unspecified atom stereocenters. The van der Waals surface area contributed by atoms with Crippen LogP contribution in [0.2, 0.25) is 0 Å². The SMILES string of the molecule is CC/C(Cl)=C(/Cl)C(C)CC. The fraction of sp³-hybridized carbons (Fsp3) is 0.750. The third-order valence-corrected chi connectivity index (χ3v) is 2.78. The van der Waals surface area contributed by atoms with Crippen molar-refractivity contribution in [2.24, 2.45) is 5.92 Å². The van der Waals surface area contributed by atoms with E-state index in [0.29, 0.717) is 5.92 Å². The summed E-state index contributed by atoms with van der Waals surface area (Å²) in [6, 6.07) is 0. The summed E-state index contributed by atoms with van der Waals surface area (Å²) < 4.78 is 0. The predicted octanol–water partition coefficient (Wildman–Crippen LogP) is 4.13. The molecular formula is C8H14Cl2. The maximum atomic E-state index is 5.93. The van der Waals surface area contributed by atoms with Gasteiger partial charge in [-0.25, -0.2) is 0 Å². The second-order valence-electron chi connectivity index (χ2n) is 2.42. The Morgan fingerprint density at radius 3 is 2.10 bits per heavy atom. The summed E-state index contributed by atoms with van der Waals surface area (Å²) in [5.41, 5.74) is 0. The number of halogens is 2. The molecular weight excluding hydrogens is 167 g/mol. The van der Waals surface area contributed by atoms with Gasteiger partial charge in [0, 0.05) is 10.1 Å². The van der Waals surface area contributed by atoms with Crippen LogP contribution in [0.25, 0.3) is 0 Å². The van der Waals surface area contributed by atoms with E-state index >= 15 is 0 Å². The molecule has 0 N–H and O–H groups in total. The maximum absolute atomic E-state index is 5.93. The minimum atomic E-state index is 0.411. The molecule has 0 radical (unpaired) electrons. The third-order valence-electron chi connectivity index (χ3n) is 1.61. The minimum Gasteiger partial charge on any atom is -0.0879 e. The van der Waals surface area contributed by atoms with Gasteiger partial charge in [-0.3, -0.25) is 0 Å². The molecule has 60 valence electrons. The lowest BCUT2D eigenvalue weighted by atomic mass is 10.1. The van der Waals surface area contributed by atoms with Crippen LogP contribution in [0, 0.1) is 5.92 Å². The number of hydrogen-bond donors (Lipinski definition) is 0. The molecule has 0 nitrogen and oxygen atoms in total. The summed E-state index contributed by atoms with van der Waals surface area (Å²) in [7, 11) is 0. The Hall–Kier alpha value is 0.320. The first-order chi connectivity index (χ1) is 4.63. The van der Waals surface area contributed by atoms with E-state index < -0.39 is 0 Å². The Labute approximate surface area is 73.2 Å². The zero-order valence-electron chi connectivity index (χ0n) is 6.75. The monoisotopic (exact) mass is 180 g/mol. The van der Waals surface area contributed by atoms with Crippen LogP contribution in [0.15, 0.2) is 10.1 Å². The van der Waals surface area contributed by atoms with Crippen molar-refractivity contribution in [1.82, 2.24) is 0 Å². The van der Waals surface area contributed by atoms with Crippen molar-refractivity contribution in [1.29, 1.82) is 0 Å². The van der Waals surface area contributed by atoms with Crippen molar-refractivity contribution in [2.75, 3.05) is 0 Å². The van der Waals surface area contributed by atoms with Crippen molar-refractivity contribution >= 4 is 23.2 Å². The molecule has 0 spiro atoms. The molecule has 0 amide bonds. The standard InChI is InChI=1S/C8H14Cl2/c1-4-6(3)8(10)7(9)5-2/h6H,4-5H2,1-3H3/b8-7-. The Balaban J connectivity index is 4.15. The highest BCUT2D eigenvalue weighted by Crippen LogP contribution is 2.26. The van der Waals surface area contributed by atoms with Crippen molar-refractivity contribution in [2.45, 2.75) is 33.6 Å². The summed E-state index contributed by atoms with van der Waals surface area (Å²) in [5, 5.41) is 1.63. The molecule has 0 bridgehead atoms. The Morgan fingerprint density at radius 2 is 1.80 bits per heavy atom. The predicted molar refractivity (Wildman–Crippen MR) is 48.5 cm³/mol. The molecule has 0 rings (SSSR count). The van der Waals surface area contributed by atoms with E-state index in [4.69, 9.17) is 23.2 Å². The minimum absolute atomic E-state index is 0.411. The second-order valence-corrected chi connectivity index (χ2v) is 3.28. The largest absolute Gasteiger partial charge is 0.0879 e. The molecule has 0 aliphatic heterocycles. The van der Waals surface area contributed by atoms with Crippen LogP contribution in [0.4, 0.5) is 0 Å². The quantitative estimate of drug-likeness (QED) is 0.613. The topological polar surface area (TPSA) is 0 Å². The molecule has 0 aromatic carbocycles. The molecule has 0 fully saturated rings. The van der Waals surface area contributed by atoms with E-state index in [2.05, 4.69) is 13.8 Å². The zero-order valence-corrected chi connectivity index (χ0v) is 8.26. The lowest BCUT2D eigenvalue weighted by molar-refractivity contribution is 0.680. The summed E-state index contributed by atoms with van der Waals surface area (Å²) in [5.74, 6) is 0.411. The molecule has 0 aromatic heterocycles. The van der Waals surface area contributed by atoms with Gasteiger partial charge in [-0.2, -0.15) is 0 Å². The first kappa shape index (κ1) is 10.3. The highest BCUT2D eigenvalue weighted by atomic mass is 35.5. The van der Waals surface area contributed by atoms with E-state index in [1.54, 1.807) is 0 Å². The van der Waals surface area contributed by atoms with Crippen LogP contribution >= 0.6 is 23.2 Å². The van der Waals surface area contributed by atoms with Crippen molar-refractivity contribution in [3.05, 3.63) is 10.1 Å². The summed E-state index contributed by atoms with van der Waals surface area (Å²) in [6.45, 7) is 6.19. The zero-order chi connectivity index (χ0) is 8.15. The lowest BCUT2D eigenvalue weighted by Gasteiger charge is -2.07. The molecule has 0 saturated carbocycles. The lowest BCUT2D eigenvalue weighted by Crippen LogP contribution is -1.92. The molecule has 2 heteroatoms. The molecule has 0 aliphatic carbocycles. The van der Waals surface area contributed by atoms with E-state index in [-0.39, 0.29) is 0 Å². The maximum Gasteiger partial charge on any atom is 0.0353 e. The van der Waals surface area contributed by atoms with E-state index in [0.717, 1.165) is 22.9 Å². The van der Waals surface area contributed by atoms with E-state index in [1.165, 1.54) is 0 Å². The average Bonchev–Trinajstić information content (AvgIpc) is 2.00. The van der Waals surface area contributed by atoms with Gasteiger partial charge in [0.25, 0.3) is 0 Å². The normalized spacial score (nSPS) is 16.5. The van der Waals surface area contributed by atoms with Crippen molar-refractivity contribution < 1.29 is 0 Å². The fourth-order valence-corrected chi connectivity index (χ4v) is 1.09. The average molecular weight is 181 g/mol. The molecule has 0 heterocycles. The van der Waals surface area contributed by atoms with Crippen LogP contribution < -0.4 is 0 Å². The van der Waals surface area contributed by atoms with Crippen molar-refractivity contribution in [3.63, 3.8) is 0 Å². The fourth-order valence-electron chi connectivity index (χ4n) is 0.615. The van der Waals surface area contributed by atoms with Gasteiger partial charge in [0.15, 0.2) is 0 Å². The van der Waals surface area contributed by atoms with Gasteiger partial charge in [0.05, 0.1) is 0 Å². The number of rotatable bonds is 3. The van der Waals surface area contributed by atoms with Crippen LogP contribution in [-0.4, -0.2) is 0 Å². The third kappa shape index (κ3) is 2.94. The number of hydrogen-bond acceptors (Lipinski definition) is 0. The smallest absolute Gasteiger partial charge is 0.0353 e. The van der Waals surface area contributed by atoms with Gasteiger partial charge in [0.2, 0.25) is 0 Å². The molecule has 0 aromatic rings. The van der Waals surface area contributed by atoms with Gasteiger partial charge >= 0.3 is 0 Å². The van der Waals surface area contributed by atoms with Crippen LogP contribution in [0.3, 0.4) is 0 Å². The Morgan fingerprint density at radius 1 is 1.30 bits per heavy atom. The number of allylic oxidation sites excluding steroid dienone is 2. The van der Waals surface area contributed by atoms with Gasteiger partial charge < -0.3 is 0 Å². The highest BCUT2D eigenvalue weighted by Gasteiger charge is 2.06. The van der Waals surface area contributed by atoms with Crippen LogP contribution in [0.1, 0.15) is 33.6 Å². The van der Waals surface area contributed by atoms with E-state index in [1.807, 2.05) is 6.92 Å². The van der Waals surface area contributed by atoms with Gasteiger partial charge in [-0.05, 0) is 18.8 Å². The first-order valence-electron chi connectivity index (χ1n) is 3.67. The molecule has 1 atom stereocenters. The molecule has 0 saturated heterocycles. The molecule has 0 aliphatic rings. The van der Waals surface area contributed by atoms with Crippen LogP contribution in [0.5, 0.6) is 0 Å². The van der Waals surface area contributed by atoms with Crippen molar-refractivity contribution in [3.8, 4) is 0 Å². The summed E-state index contributed by atoms with van der Waals surface area (Å²) in [6.07, 6.45) is 1.89. The van der Waals surface area contributed by atoms with Gasteiger partial charge in [-0.15, -0.1) is 0 Å². The summed E-state index contributed by atoms with van der Waals surface area (Å²) in [4.78, 5) is 0. The Kier molecular flexibility index (Phi) is 5.20. The van der Waals surface area contributed by atoms with Crippen LogP contribution in [-0.2, 0) is 0 Å². The summed E-state index contributed by atoms with van der Waals surface area (Å²) >= 11 is 11.8. The van der Waals surface area contributed by atoms with E-state index in [9.17, 15) is 0 Å². The van der Waals surface area contributed by atoms with Gasteiger partial charge in [0.1, 0.15) is 0 Å². The second kappa shape index (κ2) is 5.03. The first-order valence-corrected chi connectivity index (χ1v) is 4.43. The Bertz CT molecular complexity index is 127. The molecule has 10 heavy (non-hydrogen) atoms.